The fraction of sp³-hybridized carbons (Fsp3) is 0.391. The first-order valence-corrected chi connectivity index (χ1v) is 9.60. The first-order valence-electron chi connectivity index (χ1n) is 9.60. The van der Waals surface area contributed by atoms with Crippen molar-refractivity contribution in [2.45, 2.75) is 39.2 Å². The summed E-state index contributed by atoms with van der Waals surface area (Å²) < 4.78 is 0. The lowest BCUT2D eigenvalue weighted by atomic mass is 9.76. The van der Waals surface area contributed by atoms with Crippen LogP contribution in [0.25, 0.3) is 0 Å². The molecule has 1 heterocycles. The molecule has 1 N–H and O–H groups in total. The summed E-state index contributed by atoms with van der Waals surface area (Å²) in [5.74, 6) is 1.16. The number of benzene rings is 2. The van der Waals surface area contributed by atoms with Crippen LogP contribution in [-0.2, 0) is 0 Å². The van der Waals surface area contributed by atoms with E-state index in [0.717, 1.165) is 19.5 Å². The summed E-state index contributed by atoms with van der Waals surface area (Å²) in [5, 5.41) is 3.83. The molecule has 25 heavy (non-hydrogen) atoms. The zero-order valence-corrected chi connectivity index (χ0v) is 15.5. The predicted octanol–water partition coefficient (Wildman–Crippen LogP) is 5.67. The van der Waals surface area contributed by atoms with Gasteiger partial charge in [0, 0.05) is 30.4 Å². The van der Waals surface area contributed by atoms with Crippen LogP contribution in [0.15, 0.2) is 54.6 Å². The number of aryl methyl sites for hydroxylation is 1. The van der Waals surface area contributed by atoms with E-state index in [4.69, 9.17) is 0 Å². The van der Waals surface area contributed by atoms with Gasteiger partial charge in [-0.25, -0.2) is 0 Å². The Morgan fingerprint density at radius 3 is 2.52 bits per heavy atom. The molecule has 0 amide bonds. The maximum absolute atomic E-state index is 3.83. The van der Waals surface area contributed by atoms with E-state index in [2.05, 4.69) is 85.6 Å². The second kappa shape index (κ2) is 6.59. The van der Waals surface area contributed by atoms with Gasteiger partial charge in [-0.05, 0) is 62.4 Å². The summed E-state index contributed by atoms with van der Waals surface area (Å²) in [7, 11) is 0. The summed E-state index contributed by atoms with van der Waals surface area (Å²) in [6.07, 6.45) is 5.94. The molecular weight excluding hydrogens is 304 g/mol. The Labute approximate surface area is 151 Å². The van der Waals surface area contributed by atoms with Gasteiger partial charge in [-0.2, -0.15) is 0 Å². The molecule has 0 fully saturated rings. The topological polar surface area (TPSA) is 15.3 Å². The lowest BCUT2D eigenvalue weighted by Gasteiger charge is -2.38. The van der Waals surface area contributed by atoms with Crippen LogP contribution >= 0.6 is 0 Å². The molecule has 2 heteroatoms. The summed E-state index contributed by atoms with van der Waals surface area (Å²) in [6, 6.07) is 16.4. The molecule has 0 saturated carbocycles. The zero-order chi connectivity index (χ0) is 17.4. The first-order chi connectivity index (χ1) is 12.2. The van der Waals surface area contributed by atoms with Crippen LogP contribution in [0.3, 0.4) is 0 Å². The van der Waals surface area contributed by atoms with Gasteiger partial charge in [-0.1, -0.05) is 42.0 Å². The normalized spacial score (nSPS) is 23.7. The molecule has 130 valence electrons. The van der Waals surface area contributed by atoms with Crippen LogP contribution in [0.2, 0.25) is 0 Å². The molecule has 3 unspecified atom stereocenters. The quantitative estimate of drug-likeness (QED) is 0.726. The third-order valence-corrected chi connectivity index (χ3v) is 5.90. The van der Waals surface area contributed by atoms with Gasteiger partial charge >= 0.3 is 0 Å². The number of hydrogen-bond acceptors (Lipinski definition) is 2. The lowest BCUT2D eigenvalue weighted by Crippen LogP contribution is -2.29. The van der Waals surface area contributed by atoms with Crippen molar-refractivity contribution in [3.8, 4) is 0 Å². The van der Waals surface area contributed by atoms with Crippen molar-refractivity contribution in [1.29, 1.82) is 0 Å². The van der Waals surface area contributed by atoms with E-state index < -0.39 is 0 Å². The van der Waals surface area contributed by atoms with Crippen LogP contribution in [0.4, 0.5) is 11.4 Å². The van der Waals surface area contributed by atoms with E-state index in [0.29, 0.717) is 17.9 Å². The standard InChI is InChI=1S/C23H28N2/c1-4-25(5-2)18-12-10-17(11-13-18)23-20-8-6-7-19(20)21-15-16(3)9-14-22(21)24-23/h6-7,9-15,19-20,23-24H,4-5,8H2,1-3H3. The van der Waals surface area contributed by atoms with Crippen LogP contribution in [0.1, 0.15) is 48.9 Å². The third-order valence-electron chi connectivity index (χ3n) is 5.90. The maximum Gasteiger partial charge on any atom is 0.0553 e. The van der Waals surface area contributed by atoms with Gasteiger partial charge in [-0.15, -0.1) is 0 Å². The van der Waals surface area contributed by atoms with E-state index in [1.165, 1.54) is 28.1 Å². The fourth-order valence-electron chi connectivity index (χ4n) is 4.53. The molecule has 2 aromatic carbocycles. The second-order valence-corrected chi connectivity index (χ2v) is 7.33. The maximum atomic E-state index is 3.83. The Morgan fingerprint density at radius 2 is 1.80 bits per heavy atom. The number of nitrogens with one attached hydrogen (secondary N) is 1. The number of hydrogen-bond donors (Lipinski definition) is 1. The molecule has 1 aliphatic carbocycles. The number of anilines is 2. The summed E-state index contributed by atoms with van der Waals surface area (Å²) in [5.41, 5.74) is 6.84. The van der Waals surface area contributed by atoms with Crippen LogP contribution < -0.4 is 10.2 Å². The molecule has 0 spiro atoms. The van der Waals surface area contributed by atoms with Crippen molar-refractivity contribution >= 4 is 11.4 Å². The van der Waals surface area contributed by atoms with Gasteiger partial charge in [0.15, 0.2) is 0 Å². The smallest absolute Gasteiger partial charge is 0.0553 e. The average molecular weight is 332 g/mol. The summed E-state index contributed by atoms with van der Waals surface area (Å²) in [6.45, 7) is 8.73. The van der Waals surface area contributed by atoms with Gasteiger partial charge < -0.3 is 10.2 Å². The molecule has 2 aliphatic rings. The summed E-state index contributed by atoms with van der Waals surface area (Å²) in [4.78, 5) is 2.40. The summed E-state index contributed by atoms with van der Waals surface area (Å²) >= 11 is 0. The van der Waals surface area contributed by atoms with Crippen molar-refractivity contribution < 1.29 is 0 Å². The predicted molar refractivity (Wildman–Crippen MR) is 108 cm³/mol. The average Bonchev–Trinajstić information content (AvgIpc) is 3.13. The molecule has 4 rings (SSSR count). The molecule has 1 aliphatic heterocycles. The number of rotatable bonds is 4. The minimum atomic E-state index is 0.390. The highest BCUT2D eigenvalue weighted by Gasteiger charge is 2.37. The zero-order valence-electron chi connectivity index (χ0n) is 15.5. The Hall–Kier alpha value is -2.22. The van der Waals surface area contributed by atoms with Gasteiger partial charge in [-0.3, -0.25) is 0 Å². The highest BCUT2D eigenvalue weighted by atomic mass is 15.1. The molecule has 0 aromatic heterocycles. The third kappa shape index (κ3) is 2.84. The highest BCUT2D eigenvalue weighted by molar-refractivity contribution is 5.61. The molecule has 0 saturated heterocycles. The SMILES string of the molecule is CCN(CC)c1ccc(C2Nc3ccc(C)cc3C3C=CCC32)cc1. The highest BCUT2D eigenvalue weighted by Crippen LogP contribution is 2.49. The van der Waals surface area contributed by atoms with Crippen molar-refractivity contribution in [1.82, 2.24) is 0 Å². The second-order valence-electron chi connectivity index (χ2n) is 7.33. The van der Waals surface area contributed by atoms with E-state index in [1.54, 1.807) is 0 Å². The van der Waals surface area contributed by atoms with Crippen molar-refractivity contribution in [3.05, 3.63) is 71.3 Å². The Bertz CT molecular complexity index is 771. The molecule has 0 radical (unpaired) electrons. The van der Waals surface area contributed by atoms with E-state index in [9.17, 15) is 0 Å². The van der Waals surface area contributed by atoms with E-state index in [-0.39, 0.29) is 0 Å². The lowest BCUT2D eigenvalue weighted by molar-refractivity contribution is 0.425. The van der Waals surface area contributed by atoms with E-state index >= 15 is 0 Å². The fourth-order valence-corrected chi connectivity index (χ4v) is 4.53. The number of allylic oxidation sites excluding steroid dienone is 2. The molecule has 2 nitrogen and oxygen atoms in total. The van der Waals surface area contributed by atoms with Crippen LogP contribution in [0, 0.1) is 12.8 Å². The number of nitrogens with zero attached hydrogens (tertiary/aromatic N) is 1. The molecule has 0 bridgehead atoms. The monoisotopic (exact) mass is 332 g/mol. The van der Waals surface area contributed by atoms with Crippen LogP contribution in [0.5, 0.6) is 0 Å². The van der Waals surface area contributed by atoms with Crippen molar-refractivity contribution in [3.63, 3.8) is 0 Å². The molecular formula is C23H28N2. The molecule has 3 atom stereocenters. The van der Waals surface area contributed by atoms with Gasteiger partial charge in [0.2, 0.25) is 0 Å². The van der Waals surface area contributed by atoms with Crippen LogP contribution in [-0.4, -0.2) is 13.1 Å². The van der Waals surface area contributed by atoms with Gasteiger partial charge in [0.05, 0.1) is 6.04 Å². The van der Waals surface area contributed by atoms with Gasteiger partial charge in [0.25, 0.3) is 0 Å². The van der Waals surface area contributed by atoms with Crippen molar-refractivity contribution in [2.24, 2.45) is 5.92 Å². The minimum absolute atomic E-state index is 0.390. The minimum Gasteiger partial charge on any atom is -0.378 e. The Morgan fingerprint density at radius 1 is 1.04 bits per heavy atom. The Kier molecular flexibility index (Phi) is 4.29. The number of fused-ring (bicyclic) bond motifs is 3. The largest absolute Gasteiger partial charge is 0.378 e. The van der Waals surface area contributed by atoms with Gasteiger partial charge in [0.1, 0.15) is 0 Å². The first kappa shape index (κ1) is 16.3. The Balaban J connectivity index is 1.66. The molecule has 2 aromatic rings. The van der Waals surface area contributed by atoms with E-state index in [1.807, 2.05) is 0 Å². The van der Waals surface area contributed by atoms with Crippen molar-refractivity contribution in [2.75, 3.05) is 23.3 Å².